The first-order valence-corrected chi connectivity index (χ1v) is 9.25. The first kappa shape index (κ1) is 18.1. The van der Waals surface area contributed by atoms with Gasteiger partial charge in [-0.2, -0.15) is 0 Å². The zero-order valence-corrected chi connectivity index (χ0v) is 13.4. The normalized spacial score (nSPS) is 11.8. The average Bonchev–Trinajstić information content (AvgIpc) is 2.37. The molecule has 1 unspecified atom stereocenters. The highest BCUT2D eigenvalue weighted by molar-refractivity contribution is 7.39. The van der Waals surface area contributed by atoms with Crippen LogP contribution in [0.3, 0.4) is 0 Å². The fourth-order valence-electron chi connectivity index (χ4n) is 1.93. The molecule has 2 nitrogen and oxygen atoms in total. The molecule has 0 aliphatic carbocycles. The minimum atomic E-state index is -1.37. The van der Waals surface area contributed by atoms with Crippen LogP contribution in [0.5, 0.6) is 0 Å². The Balaban J connectivity index is 3.08. The molecule has 0 spiro atoms. The average molecular weight is 275 g/mol. The van der Waals surface area contributed by atoms with Crippen molar-refractivity contribution in [3.05, 3.63) is 0 Å². The van der Waals surface area contributed by atoms with Crippen molar-refractivity contribution in [1.82, 2.24) is 0 Å². The highest BCUT2D eigenvalue weighted by Crippen LogP contribution is 2.24. The summed E-state index contributed by atoms with van der Waals surface area (Å²) in [5.74, 6) is 0. The van der Waals surface area contributed by atoms with E-state index in [4.69, 9.17) is 4.52 Å². The van der Waals surface area contributed by atoms with Crippen LogP contribution in [0.1, 0.15) is 84.5 Å². The van der Waals surface area contributed by atoms with E-state index in [9.17, 15) is 4.57 Å². The molecule has 0 saturated carbocycles. The van der Waals surface area contributed by atoms with Gasteiger partial charge in [0.15, 0.2) is 6.16 Å². The van der Waals surface area contributed by atoms with Crippen molar-refractivity contribution < 1.29 is 9.09 Å². The standard InChI is InChI=1S/C15H32O2P/c1-3-5-7-8-9-10-11-12-13-15-18(16)17-14-6-4-2/h3-15H2,1-2H3/q+1. The van der Waals surface area contributed by atoms with Gasteiger partial charge in [-0.15, -0.1) is 4.52 Å². The van der Waals surface area contributed by atoms with Gasteiger partial charge in [0.25, 0.3) is 0 Å². The Kier molecular flexibility index (Phi) is 15.2. The molecule has 0 heterocycles. The van der Waals surface area contributed by atoms with Gasteiger partial charge in [-0.3, -0.25) is 0 Å². The highest BCUT2D eigenvalue weighted by Gasteiger charge is 2.15. The van der Waals surface area contributed by atoms with Crippen LogP contribution >= 0.6 is 8.03 Å². The summed E-state index contributed by atoms with van der Waals surface area (Å²) >= 11 is 0. The molecule has 0 aliphatic rings. The summed E-state index contributed by atoms with van der Waals surface area (Å²) in [6.07, 6.45) is 14.7. The molecule has 108 valence electrons. The van der Waals surface area contributed by atoms with Crippen molar-refractivity contribution in [3.8, 4) is 0 Å². The van der Waals surface area contributed by atoms with Crippen LogP contribution in [0.4, 0.5) is 0 Å². The highest BCUT2D eigenvalue weighted by atomic mass is 31.1. The summed E-state index contributed by atoms with van der Waals surface area (Å²) < 4.78 is 16.7. The van der Waals surface area contributed by atoms with E-state index >= 15 is 0 Å². The second kappa shape index (κ2) is 15.1. The molecule has 0 aliphatic heterocycles. The molecule has 0 fully saturated rings. The molecule has 0 aromatic carbocycles. The Labute approximate surface area is 115 Å². The number of hydrogen-bond acceptors (Lipinski definition) is 2. The van der Waals surface area contributed by atoms with Gasteiger partial charge in [0.05, 0.1) is 0 Å². The Morgan fingerprint density at radius 1 is 0.722 bits per heavy atom. The van der Waals surface area contributed by atoms with Crippen molar-refractivity contribution in [3.63, 3.8) is 0 Å². The third-order valence-electron chi connectivity index (χ3n) is 3.18. The van der Waals surface area contributed by atoms with Gasteiger partial charge in [-0.1, -0.05) is 65.2 Å². The van der Waals surface area contributed by atoms with Crippen LogP contribution in [-0.4, -0.2) is 12.8 Å². The molecular formula is C15H32O2P+. The predicted molar refractivity (Wildman–Crippen MR) is 80.6 cm³/mol. The lowest BCUT2D eigenvalue weighted by atomic mass is 10.1. The molecule has 0 saturated heterocycles. The Morgan fingerprint density at radius 2 is 1.22 bits per heavy atom. The largest absolute Gasteiger partial charge is 0.508 e. The van der Waals surface area contributed by atoms with E-state index in [0.29, 0.717) is 6.61 Å². The van der Waals surface area contributed by atoms with Crippen molar-refractivity contribution in [2.75, 3.05) is 12.8 Å². The van der Waals surface area contributed by atoms with E-state index in [0.717, 1.165) is 25.4 Å². The third kappa shape index (κ3) is 14.1. The first-order valence-electron chi connectivity index (χ1n) is 7.88. The van der Waals surface area contributed by atoms with Crippen LogP contribution in [0.2, 0.25) is 0 Å². The Hall–Kier alpha value is 0.0600. The Bertz CT molecular complexity index is 183. The molecular weight excluding hydrogens is 243 g/mol. The lowest BCUT2D eigenvalue weighted by molar-refractivity contribution is 0.320. The molecule has 0 N–H and O–H groups in total. The Morgan fingerprint density at radius 3 is 1.78 bits per heavy atom. The summed E-state index contributed by atoms with van der Waals surface area (Å²) in [6.45, 7) is 5.05. The van der Waals surface area contributed by atoms with Gasteiger partial charge in [0.2, 0.25) is 0 Å². The fraction of sp³-hybridized carbons (Fsp3) is 1.00. The van der Waals surface area contributed by atoms with Crippen LogP contribution in [0, 0.1) is 0 Å². The topological polar surface area (TPSA) is 26.3 Å². The van der Waals surface area contributed by atoms with E-state index in [1.54, 1.807) is 0 Å². The predicted octanol–water partition coefficient (Wildman–Crippen LogP) is 6.08. The fourth-order valence-corrected chi connectivity index (χ4v) is 2.87. The van der Waals surface area contributed by atoms with E-state index in [-0.39, 0.29) is 0 Å². The number of unbranched alkanes of at least 4 members (excludes halogenated alkanes) is 9. The summed E-state index contributed by atoms with van der Waals surface area (Å²) in [7, 11) is -1.37. The van der Waals surface area contributed by atoms with Crippen LogP contribution in [-0.2, 0) is 9.09 Å². The van der Waals surface area contributed by atoms with Gasteiger partial charge >= 0.3 is 8.03 Å². The number of hydrogen-bond donors (Lipinski definition) is 0. The zero-order valence-electron chi connectivity index (χ0n) is 12.5. The number of rotatable bonds is 14. The monoisotopic (exact) mass is 275 g/mol. The molecule has 0 aromatic heterocycles. The van der Waals surface area contributed by atoms with Crippen LogP contribution < -0.4 is 0 Å². The lowest BCUT2D eigenvalue weighted by Crippen LogP contribution is -1.89. The molecule has 3 heteroatoms. The second-order valence-corrected chi connectivity index (χ2v) is 6.44. The van der Waals surface area contributed by atoms with Crippen LogP contribution in [0.15, 0.2) is 0 Å². The quantitative estimate of drug-likeness (QED) is 0.284. The maximum absolute atomic E-state index is 11.5. The van der Waals surface area contributed by atoms with Gasteiger partial charge < -0.3 is 0 Å². The van der Waals surface area contributed by atoms with Crippen LogP contribution in [0.25, 0.3) is 0 Å². The second-order valence-electron chi connectivity index (χ2n) is 5.07. The van der Waals surface area contributed by atoms with Crippen molar-refractivity contribution >= 4 is 8.03 Å². The van der Waals surface area contributed by atoms with E-state index in [2.05, 4.69) is 13.8 Å². The van der Waals surface area contributed by atoms with E-state index < -0.39 is 8.03 Å². The molecule has 0 radical (unpaired) electrons. The smallest absolute Gasteiger partial charge is 0.146 e. The minimum absolute atomic E-state index is 0.670. The van der Waals surface area contributed by atoms with Gasteiger partial charge in [0, 0.05) is 0 Å². The first-order chi connectivity index (χ1) is 8.81. The van der Waals surface area contributed by atoms with Crippen molar-refractivity contribution in [1.29, 1.82) is 0 Å². The third-order valence-corrected chi connectivity index (χ3v) is 4.33. The van der Waals surface area contributed by atoms with E-state index in [1.165, 1.54) is 51.4 Å². The van der Waals surface area contributed by atoms with Gasteiger partial charge in [0.1, 0.15) is 6.61 Å². The van der Waals surface area contributed by atoms with Crippen molar-refractivity contribution in [2.24, 2.45) is 0 Å². The van der Waals surface area contributed by atoms with Gasteiger partial charge in [-0.05, 0) is 23.8 Å². The summed E-state index contributed by atoms with van der Waals surface area (Å²) in [5.41, 5.74) is 0. The SMILES string of the molecule is CCCCCCCCCCC[P+](=O)OCCCC. The minimum Gasteiger partial charge on any atom is -0.146 e. The summed E-state index contributed by atoms with van der Waals surface area (Å²) in [5, 5.41) is 0. The molecule has 18 heavy (non-hydrogen) atoms. The molecule has 0 bridgehead atoms. The molecule has 1 atom stereocenters. The maximum atomic E-state index is 11.5. The lowest BCUT2D eigenvalue weighted by Gasteiger charge is -1.99. The van der Waals surface area contributed by atoms with Gasteiger partial charge in [-0.25, -0.2) is 0 Å². The van der Waals surface area contributed by atoms with E-state index in [1.807, 2.05) is 0 Å². The molecule has 0 rings (SSSR count). The maximum Gasteiger partial charge on any atom is 0.508 e. The molecule has 0 amide bonds. The van der Waals surface area contributed by atoms with Crippen molar-refractivity contribution in [2.45, 2.75) is 84.5 Å². The summed E-state index contributed by atoms with van der Waals surface area (Å²) in [4.78, 5) is 0. The molecule has 0 aromatic rings. The zero-order chi connectivity index (χ0) is 13.5. The summed E-state index contributed by atoms with van der Waals surface area (Å²) in [6, 6.07) is 0.